The summed E-state index contributed by atoms with van der Waals surface area (Å²) in [6.07, 6.45) is 0. The van der Waals surface area contributed by atoms with Crippen LogP contribution in [0.25, 0.3) is 0 Å². The minimum absolute atomic E-state index is 0.278. The monoisotopic (exact) mass is 496 g/mol. The van der Waals surface area contributed by atoms with Crippen LogP contribution >= 0.6 is 31.9 Å². The van der Waals surface area contributed by atoms with E-state index < -0.39 is 27.6 Å². The molecule has 0 saturated heterocycles. The van der Waals surface area contributed by atoms with Gasteiger partial charge in [-0.15, -0.1) is 0 Å². The van der Waals surface area contributed by atoms with E-state index in [2.05, 4.69) is 31.9 Å². The molecule has 0 amide bonds. The Morgan fingerprint density at radius 1 is 0.714 bits per heavy atom. The molecule has 3 nitrogen and oxygen atoms in total. The fraction of sp³-hybridized carbons (Fsp3) is 0.0870. The lowest BCUT2D eigenvalue weighted by atomic mass is 9.80. The predicted molar refractivity (Wildman–Crippen MR) is 114 cm³/mol. The van der Waals surface area contributed by atoms with Gasteiger partial charge >= 0.3 is 0 Å². The first kappa shape index (κ1) is 19.0. The molecule has 1 aliphatic carbocycles. The summed E-state index contributed by atoms with van der Waals surface area (Å²) in [6, 6.07) is 23.1. The molecule has 3 aromatic rings. The normalized spacial score (nSPS) is 15.9. The zero-order valence-corrected chi connectivity index (χ0v) is 17.7. The molecule has 5 heteroatoms. The second kappa shape index (κ2) is 7.22. The van der Waals surface area contributed by atoms with Gasteiger partial charge < -0.3 is 0 Å². The predicted octanol–water partition coefficient (Wildman–Crippen LogP) is 5.36. The average molecular weight is 498 g/mol. The van der Waals surface area contributed by atoms with Crippen LogP contribution in [0.2, 0.25) is 0 Å². The maximum atomic E-state index is 13.7. The molecule has 0 fully saturated rings. The van der Waals surface area contributed by atoms with E-state index >= 15 is 0 Å². The Hall–Kier alpha value is -2.37. The molecule has 3 aromatic carbocycles. The molecule has 0 radical (unpaired) electrons. The minimum Gasteiger partial charge on any atom is -0.296 e. The van der Waals surface area contributed by atoms with Crippen LogP contribution in [0, 0.1) is 0 Å². The van der Waals surface area contributed by atoms with Crippen LogP contribution in [0.15, 0.2) is 83.3 Å². The Morgan fingerprint density at radius 3 is 1.71 bits per heavy atom. The largest absolute Gasteiger partial charge is 0.296 e. The molecule has 0 aliphatic heterocycles. The van der Waals surface area contributed by atoms with Gasteiger partial charge in [0.15, 0.2) is 17.3 Å². The summed E-state index contributed by atoms with van der Waals surface area (Å²) in [5.41, 5.74) is 2.00. The van der Waals surface area contributed by atoms with Crippen molar-refractivity contribution >= 4 is 49.2 Å². The summed E-state index contributed by atoms with van der Waals surface area (Å²) in [4.78, 5) is 39.9. The number of alkyl halides is 1. The summed E-state index contributed by atoms with van der Waals surface area (Å²) in [5, 5.41) is 0. The highest BCUT2D eigenvalue weighted by atomic mass is 79.9. The van der Waals surface area contributed by atoms with Gasteiger partial charge in [-0.1, -0.05) is 98.6 Å². The van der Waals surface area contributed by atoms with E-state index in [0.717, 1.165) is 15.6 Å². The number of rotatable bonds is 4. The fourth-order valence-corrected chi connectivity index (χ4v) is 4.49. The Bertz CT molecular complexity index is 1050. The number of hydrogen-bond acceptors (Lipinski definition) is 3. The van der Waals surface area contributed by atoms with Crippen LogP contribution in [0.5, 0.6) is 0 Å². The smallest absolute Gasteiger partial charge is 0.210 e. The van der Waals surface area contributed by atoms with Crippen LogP contribution in [-0.2, 0) is 4.79 Å². The van der Waals surface area contributed by atoms with Gasteiger partial charge in [0.25, 0.3) is 0 Å². The van der Waals surface area contributed by atoms with Crippen LogP contribution in [-0.4, -0.2) is 21.7 Å². The van der Waals surface area contributed by atoms with Crippen molar-refractivity contribution in [3.05, 3.63) is 106 Å². The summed E-state index contributed by atoms with van der Waals surface area (Å²) < 4.78 is -1.03. The third-order valence-corrected chi connectivity index (χ3v) is 6.62. The lowest BCUT2D eigenvalue weighted by Gasteiger charge is -2.25. The maximum Gasteiger partial charge on any atom is 0.210 e. The number of fused-ring (bicyclic) bond motifs is 1. The van der Waals surface area contributed by atoms with Crippen molar-refractivity contribution in [3.63, 3.8) is 0 Å². The first-order valence-electron chi connectivity index (χ1n) is 8.67. The molecule has 0 heterocycles. The van der Waals surface area contributed by atoms with Crippen molar-refractivity contribution in [2.45, 2.75) is 10.2 Å². The number of ketones is 3. The molecule has 1 unspecified atom stereocenters. The molecule has 1 aliphatic rings. The first-order chi connectivity index (χ1) is 13.4. The quantitative estimate of drug-likeness (QED) is 0.360. The molecule has 4 rings (SSSR count). The van der Waals surface area contributed by atoms with Crippen molar-refractivity contribution < 1.29 is 14.4 Å². The fourth-order valence-electron chi connectivity index (χ4n) is 3.57. The molecule has 0 N–H and O–H groups in total. The van der Waals surface area contributed by atoms with Gasteiger partial charge in [-0.25, -0.2) is 0 Å². The van der Waals surface area contributed by atoms with Crippen molar-refractivity contribution in [2.75, 3.05) is 0 Å². The second-order valence-corrected chi connectivity index (χ2v) is 8.73. The van der Waals surface area contributed by atoms with Crippen LogP contribution in [0.1, 0.15) is 37.8 Å². The van der Waals surface area contributed by atoms with E-state index in [4.69, 9.17) is 0 Å². The van der Waals surface area contributed by atoms with Crippen molar-refractivity contribution in [2.24, 2.45) is 0 Å². The van der Waals surface area contributed by atoms with E-state index in [0.29, 0.717) is 0 Å². The molecule has 28 heavy (non-hydrogen) atoms. The van der Waals surface area contributed by atoms with Gasteiger partial charge in [0.1, 0.15) is 0 Å². The first-order valence-corrected chi connectivity index (χ1v) is 10.3. The van der Waals surface area contributed by atoms with Gasteiger partial charge in [0.2, 0.25) is 4.32 Å². The van der Waals surface area contributed by atoms with Crippen molar-refractivity contribution in [1.29, 1.82) is 0 Å². The van der Waals surface area contributed by atoms with Crippen molar-refractivity contribution in [3.8, 4) is 0 Å². The number of Topliss-reactive ketones (excluding diaryl/α,β-unsaturated/α-hetero) is 3. The van der Waals surface area contributed by atoms with E-state index in [1.54, 1.807) is 24.3 Å². The zero-order valence-electron chi connectivity index (χ0n) is 14.6. The lowest BCUT2D eigenvalue weighted by molar-refractivity contribution is -0.119. The number of carbonyl (C=O) groups excluding carboxylic acids is 3. The molecule has 0 aromatic heterocycles. The van der Waals surface area contributed by atoms with Gasteiger partial charge in [0.05, 0.1) is 5.92 Å². The highest BCUT2D eigenvalue weighted by Gasteiger charge is 2.58. The van der Waals surface area contributed by atoms with E-state index in [-0.39, 0.29) is 11.1 Å². The molecule has 138 valence electrons. The zero-order chi connectivity index (χ0) is 19.9. The summed E-state index contributed by atoms with van der Waals surface area (Å²) in [6.45, 7) is 0. The Labute approximate surface area is 179 Å². The molecular weight excluding hydrogens is 484 g/mol. The summed E-state index contributed by atoms with van der Waals surface area (Å²) >= 11 is 6.68. The SMILES string of the molecule is O=C1c2ccccc2C(=O)C1(Br)C(=O)C(c1ccccc1)c1ccc(Br)cc1. The molecule has 0 saturated carbocycles. The Morgan fingerprint density at radius 2 is 1.18 bits per heavy atom. The minimum atomic E-state index is -1.91. The van der Waals surface area contributed by atoms with Gasteiger partial charge in [-0.05, 0) is 23.3 Å². The molecule has 0 spiro atoms. The van der Waals surface area contributed by atoms with E-state index in [9.17, 15) is 14.4 Å². The van der Waals surface area contributed by atoms with E-state index in [1.165, 1.54) is 0 Å². The number of hydrogen-bond donors (Lipinski definition) is 0. The number of carbonyl (C=O) groups is 3. The Kier molecular flexibility index (Phi) is 4.89. The van der Waals surface area contributed by atoms with Gasteiger partial charge in [-0.2, -0.15) is 0 Å². The van der Waals surface area contributed by atoms with Crippen LogP contribution in [0.3, 0.4) is 0 Å². The molecular formula is C23H14Br2O3. The Balaban J connectivity index is 1.86. The van der Waals surface area contributed by atoms with E-state index in [1.807, 2.05) is 54.6 Å². The summed E-state index contributed by atoms with van der Waals surface area (Å²) in [5.74, 6) is -2.24. The highest BCUT2D eigenvalue weighted by molar-refractivity contribution is 9.11. The third-order valence-electron chi connectivity index (χ3n) is 4.98. The average Bonchev–Trinajstić information content (AvgIpc) is 2.93. The van der Waals surface area contributed by atoms with Gasteiger partial charge in [-0.3, -0.25) is 14.4 Å². The van der Waals surface area contributed by atoms with Crippen LogP contribution < -0.4 is 0 Å². The third kappa shape index (κ3) is 2.90. The molecule has 0 bridgehead atoms. The van der Waals surface area contributed by atoms with Crippen molar-refractivity contribution in [1.82, 2.24) is 0 Å². The highest BCUT2D eigenvalue weighted by Crippen LogP contribution is 2.42. The van der Waals surface area contributed by atoms with Gasteiger partial charge in [0, 0.05) is 15.6 Å². The lowest BCUT2D eigenvalue weighted by Crippen LogP contribution is -2.46. The maximum absolute atomic E-state index is 13.7. The number of halogens is 2. The summed E-state index contributed by atoms with van der Waals surface area (Å²) in [7, 11) is 0. The topological polar surface area (TPSA) is 51.2 Å². The number of benzene rings is 3. The van der Waals surface area contributed by atoms with Crippen LogP contribution in [0.4, 0.5) is 0 Å². The molecule has 1 atom stereocenters. The second-order valence-electron chi connectivity index (χ2n) is 6.62. The standard InChI is InChI=1S/C23H14Br2O3/c24-16-12-10-15(11-13-16)19(14-6-2-1-3-7-14)22(28)23(25)20(26)17-8-4-5-9-18(17)21(23)27/h1-13,19H.